The Morgan fingerprint density at radius 2 is 1.79 bits per heavy atom. The number of aryl methyl sites for hydroxylation is 2. The van der Waals surface area contributed by atoms with Gasteiger partial charge in [-0.15, -0.1) is 0 Å². The predicted molar refractivity (Wildman–Crippen MR) is 193 cm³/mol. The molecule has 0 radical (unpaired) electrons. The zero-order valence-corrected chi connectivity index (χ0v) is 31.3. The molecule has 15 heteroatoms. The van der Waals surface area contributed by atoms with Gasteiger partial charge in [-0.3, -0.25) is 19.1 Å². The van der Waals surface area contributed by atoms with Gasteiger partial charge in [0.25, 0.3) is 5.91 Å². The fraction of sp³-hybridized carbons (Fsp3) is 0.622. The molecule has 52 heavy (non-hydrogen) atoms. The van der Waals surface area contributed by atoms with Crippen LogP contribution in [-0.2, 0) is 40.9 Å². The minimum absolute atomic E-state index is 0.0343. The van der Waals surface area contributed by atoms with E-state index in [1.807, 2.05) is 43.3 Å². The van der Waals surface area contributed by atoms with Gasteiger partial charge in [0.05, 0.1) is 27.8 Å². The van der Waals surface area contributed by atoms with Crippen LogP contribution in [-0.4, -0.2) is 84.2 Å². The molecule has 280 valence electrons. The second kappa shape index (κ2) is 12.5. The predicted octanol–water partition coefficient (Wildman–Crippen LogP) is 3.05. The van der Waals surface area contributed by atoms with Crippen molar-refractivity contribution in [3.63, 3.8) is 0 Å². The van der Waals surface area contributed by atoms with Gasteiger partial charge < -0.3 is 15.0 Å². The van der Waals surface area contributed by atoms with Crippen molar-refractivity contribution >= 4 is 48.7 Å². The molecule has 3 aliphatic carbocycles. The fourth-order valence-electron chi connectivity index (χ4n) is 8.29. The van der Waals surface area contributed by atoms with Crippen LogP contribution in [0.2, 0.25) is 0 Å². The van der Waals surface area contributed by atoms with E-state index in [1.54, 1.807) is 6.92 Å². The molecule has 3 amide bonds. The second-order valence-corrected chi connectivity index (χ2v) is 20.3. The summed E-state index contributed by atoms with van der Waals surface area (Å²) in [5, 5.41) is 3.37. The van der Waals surface area contributed by atoms with E-state index in [2.05, 4.69) is 14.8 Å². The van der Waals surface area contributed by atoms with Crippen LogP contribution in [0.4, 0.5) is 0 Å². The molecule has 1 spiro atoms. The first-order chi connectivity index (χ1) is 24.7. The number of carbonyl (C=O) groups is 3. The molecule has 2 aromatic rings. The number of sulfonamides is 2. The zero-order chi connectivity index (χ0) is 36.7. The average molecular weight is 754 g/mol. The smallest absolute Gasteiger partial charge is 0.259 e. The number of pyridine rings is 1. The van der Waals surface area contributed by atoms with Crippen LogP contribution in [0.15, 0.2) is 36.4 Å². The molecule has 8 rings (SSSR count). The number of hydrogen-bond donors (Lipinski definition) is 3. The summed E-state index contributed by atoms with van der Waals surface area (Å²) in [6, 6.07) is 5.66. The Bertz CT molecular complexity index is 2100. The summed E-state index contributed by atoms with van der Waals surface area (Å²) in [6.45, 7) is 3.50. The van der Waals surface area contributed by atoms with Crippen molar-refractivity contribution in [3.8, 4) is 5.75 Å². The van der Waals surface area contributed by atoms with Crippen LogP contribution in [0.1, 0.15) is 95.2 Å². The molecular weight excluding hydrogens is 707 g/mol. The summed E-state index contributed by atoms with van der Waals surface area (Å²) in [5.41, 5.74) is 0.0672. The van der Waals surface area contributed by atoms with Gasteiger partial charge in [-0.05, 0) is 84.1 Å². The highest BCUT2D eigenvalue weighted by Crippen LogP contribution is 2.49. The number of fused-ring (bicyclic) bond motifs is 5. The van der Waals surface area contributed by atoms with Crippen molar-refractivity contribution in [1.29, 1.82) is 0 Å². The van der Waals surface area contributed by atoms with Crippen LogP contribution < -0.4 is 19.5 Å². The van der Waals surface area contributed by atoms with E-state index in [1.165, 1.54) is 4.90 Å². The van der Waals surface area contributed by atoms with Crippen molar-refractivity contribution < 1.29 is 36.0 Å². The Kier molecular flexibility index (Phi) is 8.53. The van der Waals surface area contributed by atoms with E-state index in [4.69, 9.17) is 9.72 Å². The molecule has 13 nitrogen and oxygen atoms in total. The summed E-state index contributed by atoms with van der Waals surface area (Å²) in [7, 11) is -7.74. The van der Waals surface area contributed by atoms with E-state index in [0.29, 0.717) is 62.8 Å². The van der Waals surface area contributed by atoms with Gasteiger partial charge in [-0.25, -0.2) is 26.5 Å². The molecule has 5 atom stereocenters. The molecule has 0 bridgehead atoms. The molecular formula is C37H47N5O8S2. The van der Waals surface area contributed by atoms with E-state index in [9.17, 15) is 31.2 Å². The number of nitrogens with zero attached hydrogens (tertiary/aromatic N) is 2. The molecule has 6 aliphatic rings. The zero-order valence-electron chi connectivity index (χ0n) is 29.6. The van der Waals surface area contributed by atoms with Gasteiger partial charge in [-0.1, -0.05) is 43.2 Å². The highest BCUT2D eigenvalue weighted by Gasteiger charge is 2.64. The minimum Gasteiger partial charge on any atom is -0.483 e. The lowest BCUT2D eigenvalue weighted by molar-refractivity contribution is -0.141. The first kappa shape index (κ1) is 35.5. The summed E-state index contributed by atoms with van der Waals surface area (Å²) >= 11 is 0. The summed E-state index contributed by atoms with van der Waals surface area (Å²) in [4.78, 5) is 49.3. The van der Waals surface area contributed by atoms with Gasteiger partial charge in [-0.2, -0.15) is 0 Å². The maximum atomic E-state index is 14.6. The Morgan fingerprint density at radius 1 is 1.02 bits per heavy atom. The molecule has 4 heterocycles. The van der Waals surface area contributed by atoms with Crippen molar-refractivity contribution in [2.75, 3.05) is 6.54 Å². The Labute approximate surface area is 304 Å². The molecule has 3 N–H and O–H groups in total. The van der Waals surface area contributed by atoms with Crippen LogP contribution in [0, 0.1) is 12.8 Å². The van der Waals surface area contributed by atoms with Gasteiger partial charge >= 0.3 is 0 Å². The standard InChI is InChI=1S/C37H47N5O8S2/c1-23-31-27(26-11-8-9-12-28(26)38-23)16-17-36(50-31)21-30-32(43)39-37(34(45)41-52(48,49)35(2)18-19-35)20-24(37)10-6-4-3-5-7-13-29(33(44)42(30)22-36)40-51(46,47)25-14-15-25/h6,8-12,24-25,29-30,40H,3-5,7,13-22H2,1-2H3,(H,39,43)(H,41,45)/t24-,29+,30+,36-,37-/m1/s1. The second-order valence-electron chi connectivity index (χ2n) is 16.1. The lowest BCUT2D eigenvalue weighted by Gasteiger charge is -2.36. The molecule has 3 aliphatic heterocycles. The van der Waals surface area contributed by atoms with Crippen LogP contribution in [0.5, 0.6) is 5.75 Å². The average Bonchev–Trinajstić information content (AvgIpc) is 4.02. The van der Waals surface area contributed by atoms with E-state index < -0.39 is 76.9 Å². The largest absolute Gasteiger partial charge is 0.483 e. The molecule has 1 aromatic carbocycles. The first-order valence-electron chi connectivity index (χ1n) is 18.6. The van der Waals surface area contributed by atoms with Crippen molar-refractivity contribution in [1.82, 2.24) is 24.6 Å². The normalized spacial score (nSPS) is 31.7. The number of allylic oxidation sites excluding steroid dienone is 1. The van der Waals surface area contributed by atoms with Crippen LogP contribution in [0.25, 0.3) is 10.9 Å². The van der Waals surface area contributed by atoms with Crippen molar-refractivity contribution in [2.45, 2.75) is 131 Å². The Morgan fingerprint density at radius 3 is 2.54 bits per heavy atom. The molecule has 3 saturated carbocycles. The number of hydrogen-bond acceptors (Lipinski definition) is 9. The SMILES string of the molecule is Cc1nc2ccccc2c2c1O[C@]1(CC2)C[C@H]2C(=O)N[C@]3(C(=O)NS(=O)(=O)C4(C)CC4)C[C@H]3C=CCCCCC[C@H](NS(=O)(=O)C3CC3)C(=O)N2C1. The number of para-hydroxylation sites is 1. The molecule has 0 unspecified atom stereocenters. The van der Waals surface area contributed by atoms with E-state index >= 15 is 0 Å². The topological polar surface area (TPSA) is 181 Å². The quantitative estimate of drug-likeness (QED) is 0.374. The lowest BCUT2D eigenvalue weighted by atomic mass is 9.87. The summed E-state index contributed by atoms with van der Waals surface area (Å²) in [5.74, 6) is -1.71. The highest BCUT2D eigenvalue weighted by atomic mass is 32.2. The Balaban J connectivity index is 1.14. The van der Waals surface area contributed by atoms with Crippen molar-refractivity contribution in [2.24, 2.45) is 5.92 Å². The molecule has 1 aromatic heterocycles. The van der Waals surface area contributed by atoms with Gasteiger partial charge in [0.2, 0.25) is 31.9 Å². The fourth-order valence-corrected chi connectivity index (χ4v) is 11.2. The van der Waals surface area contributed by atoms with E-state index in [-0.39, 0.29) is 25.8 Å². The van der Waals surface area contributed by atoms with Gasteiger partial charge in [0, 0.05) is 23.3 Å². The first-order valence-corrected chi connectivity index (χ1v) is 21.6. The Hall–Kier alpha value is -3.56. The van der Waals surface area contributed by atoms with E-state index in [0.717, 1.165) is 29.3 Å². The third kappa shape index (κ3) is 6.29. The third-order valence-corrected chi connectivity index (χ3v) is 16.3. The molecule has 4 fully saturated rings. The maximum Gasteiger partial charge on any atom is 0.259 e. The monoisotopic (exact) mass is 753 g/mol. The number of carbonyl (C=O) groups excluding carboxylic acids is 3. The minimum atomic E-state index is -3.98. The lowest BCUT2D eigenvalue weighted by Crippen LogP contribution is -2.58. The third-order valence-electron chi connectivity index (χ3n) is 12.2. The summed E-state index contributed by atoms with van der Waals surface area (Å²) in [6.07, 6.45) is 10.3. The maximum absolute atomic E-state index is 14.6. The van der Waals surface area contributed by atoms with Crippen LogP contribution in [0.3, 0.4) is 0 Å². The number of benzene rings is 1. The molecule has 1 saturated heterocycles. The van der Waals surface area contributed by atoms with Gasteiger partial charge in [0.1, 0.15) is 29.0 Å². The highest BCUT2D eigenvalue weighted by molar-refractivity contribution is 7.91. The van der Waals surface area contributed by atoms with Crippen LogP contribution >= 0.6 is 0 Å². The van der Waals surface area contributed by atoms with Gasteiger partial charge in [0.15, 0.2) is 0 Å². The number of nitrogens with one attached hydrogen (secondary N) is 3. The number of ether oxygens (including phenoxy) is 1. The number of amides is 3. The number of aromatic nitrogens is 1. The summed E-state index contributed by atoms with van der Waals surface area (Å²) < 4.78 is 63.5. The number of rotatable bonds is 6. The van der Waals surface area contributed by atoms with Crippen molar-refractivity contribution in [3.05, 3.63) is 47.7 Å².